The highest BCUT2D eigenvalue weighted by Gasteiger charge is 2.34. The Morgan fingerprint density at radius 2 is 2.09 bits per heavy atom. The fourth-order valence-corrected chi connectivity index (χ4v) is 2.77. The first-order valence-electron chi connectivity index (χ1n) is 6.37. The summed E-state index contributed by atoms with van der Waals surface area (Å²) in [6.07, 6.45) is 1.01. The van der Waals surface area contributed by atoms with Crippen molar-refractivity contribution in [2.75, 3.05) is 33.9 Å². The molecule has 1 unspecified atom stereocenters. The number of furan rings is 1. The second kappa shape index (κ2) is 6.07. The van der Waals surface area contributed by atoms with Gasteiger partial charge in [-0.15, -0.1) is 0 Å². The third kappa shape index (κ3) is 2.98. The molecule has 22 heavy (non-hydrogen) atoms. The molecule has 1 amide bonds. The quantitative estimate of drug-likeness (QED) is 0.786. The number of carboxylic acids is 1. The highest BCUT2D eigenvalue weighted by molar-refractivity contribution is 7.88. The fraction of sp³-hybridized carbons (Fsp3) is 0.500. The molecule has 1 aliphatic heterocycles. The first-order valence-corrected chi connectivity index (χ1v) is 7.81. The van der Waals surface area contributed by atoms with Crippen LogP contribution in [0.4, 0.5) is 0 Å². The zero-order valence-corrected chi connectivity index (χ0v) is 12.9. The Kier molecular flexibility index (Phi) is 4.54. The normalized spacial score (nSPS) is 19.4. The molecule has 9 nitrogen and oxygen atoms in total. The van der Waals surface area contributed by atoms with Crippen molar-refractivity contribution in [2.24, 2.45) is 0 Å². The van der Waals surface area contributed by atoms with Gasteiger partial charge >= 0.3 is 5.97 Å². The van der Waals surface area contributed by atoms with Crippen LogP contribution in [0.25, 0.3) is 0 Å². The summed E-state index contributed by atoms with van der Waals surface area (Å²) >= 11 is 0. The molecule has 2 heterocycles. The lowest BCUT2D eigenvalue weighted by Gasteiger charge is -2.32. The van der Waals surface area contributed by atoms with Gasteiger partial charge in [0.15, 0.2) is 6.04 Å². The highest BCUT2D eigenvalue weighted by Crippen LogP contribution is 2.20. The summed E-state index contributed by atoms with van der Waals surface area (Å²) in [6, 6.07) is -0.0171. The summed E-state index contributed by atoms with van der Waals surface area (Å²) in [5.74, 6) is -1.79. The van der Waals surface area contributed by atoms with Crippen molar-refractivity contribution in [3.8, 4) is 0 Å². The van der Waals surface area contributed by atoms with Gasteiger partial charge in [-0.1, -0.05) is 0 Å². The predicted molar refractivity (Wildman–Crippen MR) is 72.9 cm³/mol. The standard InChI is InChI=1S/C12H16N2O7S/c1-13(2)22(18,19)10-5-8(6-21-10)11(15)14-3-4-20-7-9(14)12(16)17/h5-6,9H,3-4,7H2,1-2H3,(H,16,17). The topological polar surface area (TPSA) is 117 Å². The van der Waals surface area contributed by atoms with Gasteiger partial charge in [0.2, 0.25) is 5.09 Å². The number of amides is 1. The SMILES string of the molecule is CN(C)S(=O)(=O)c1cc(C(=O)N2CCOCC2C(=O)O)co1. The van der Waals surface area contributed by atoms with Crippen LogP contribution in [0.2, 0.25) is 0 Å². The van der Waals surface area contributed by atoms with Crippen molar-refractivity contribution in [3.63, 3.8) is 0 Å². The number of carboxylic acid groups (broad SMARTS) is 1. The van der Waals surface area contributed by atoms with Gasteiger partial charge < -0.3 is 19.2 Å². The Balaban J connectivity index is 2.27. The third-order valence-corrected chi connectivity index (χ3v) is 4.92. The summed E-state index contributed by atoms with van der Waals surface area (Å²) in [7, 11) is -1.13. The summed E-state index contributed by atoms with van der Waals surface area (Å²) in [6.45, 7) is 0.217. The number of nitrogens with zero attached hydrogens (tertiary/aromatic N) is 2. The van der Waals surface area contributed by atoms with E-state index in [0.717, 1.165) is 21.5 Å². The zero-order chi connectivity index (χ0) is 16.5. The van der Waals surface area contributed by atoms with Gasteiger partial charge in [-0.2, -0.15) is 0 Å². The minimum atomic E-state index is -3.80. The summed E-state index contributed by atoms with van der Waals surface area (Å²) < 4.78 is 34.8. The highest BCUT2D eigenvalue weighted by atomic mass is 32.2. The van der Waals surface area contributed by atoms with E-state index in [0.29, 0.717) is 0 Å². The average molecular weight is 332 g/mol. The Morgan fingerprint density at radius 1 is 1.41 bits per heavy atom. The van der Waals surface area contributed by atoms with Gasteiger partial charge in [-0.3, -0.25) is 4.79 Å². The maximum absolute atomic E-state index is 12.4. The van der Waals surface area contributed by atoms with Gasteiger partial charge in [0.25, 0.3) is 15.9 Å². The van der Waals surface area contributed by atoms with Crippen LogP contribution in [0, 0.1) is 0 Å². The lowest BCUT2D eigenvalue weighted by molar-refractivity contribution is -0.147. The number of sulfonamides is 1. The summed E-state index contributed by atoms with van der Waals surface area (Å²) in [5.41, 5.74) is -0.0198. The monoisotopic (exact) mass is 332 g/mol. The van der Waals surface area contributed by atoms with Crippen molar-refractivity contribution in [3.05, 3.63) is 17.9 Å². The lowest BCUT2D eigenvalue weighted by atomic mass is 10.2. The second-order valence-electron chi connectivity index (χ2n) is 4.87. The van der Waals surface area contributed by atoms with Gasteiger partial charge in [-0.05, 0) is 0 Å². The van der Waals surface area contributed by atoms with E-state index >= 15 is 0 Å². The molecule has 1 aromatic heterocycles. The van der Waals surface area contributed by atoms with Crippen molar-refractivity contribution < 1.29 is 32.3 Å². The molecular weight excluding hydrogens is 316 g/mol. The fourth-order valence-electron chi connectivity index (χ4n) is 1.96. The molecule has 0 aliphatic carbocycles. The van der Waals surface area contributed by atoms with Crippen LogP contribution in [0.1, 0.15) is 10.4 Å². The van der Waals surface area contributed by atoms with E-state index in [4.69, 9.17) is 14.3 Å². The van der Waals surface area contributed by atoms with Crippen LogP contribution >= 0.6 is 0 Å². The van der Waals surface area contributed by atoms with Crippen molar-refractivity contribution >= 4 is 21.9 Å². The van der Waals surface area contributed by atoms with E-state index in [9.17, 15) is 18.0 Å². The molecule has 1 aliphatic rings. The molecule has 0 saturated carbocycles. The molecule has 0 radical (unpaired) electrons. The Morgan fingerprint density at radius 3 is 2.68 bits per heavy atom. The average Bonchev–Trinajstić information content (AvgIpc) is 2.96. The van der Waals surface area contributed by atoms with Gasteiger partial charge in [0.1, 0.15) is 6.26 Å². The molecule has 1 fully saturated rings. The first kappa shape index (κ1) is 16.5. The number of ether oxygens (including phenoxy) is 1. The van der Waals surface area contributed by atoms with Crippen molar-refractivity contribution in [1.29, 1.82) is 0 Å². The Bertz CT molecular complexity index is 679. The third-order valence-electron chi connectivity index (χ3n) is 3.23. The van der Waals surface area contributed by atoms with Gasteiger partial charge in [0.05, 0.1) is 18.8 Å². The molecule has 0 aromatic carbocycles. The number of hydrogen-bond acceptors (Lipinski definition) is 6. The van der Waals surface area contributed by atoms with Crippen molar-refractivity contribution in [2.45, 2.75) is 11.1 Å². The summed E-state index contributed by atoms with van der Waals surface area (Å²) in [5, 5.41) is 8.74. The van der Waals surface area contributed by atoms with Crippen molar-refractivity contribution in [1.82, 2.24) is 9.21 Å². The van der Waals surface area contributed by atoms with Crippen LogP contribution in [-0.2, 0) is 19.6 Å². The molecular formula is C12H16N2O7S. The predicted octanol–water partition coefficient (Wildman–Crippen LogP) is -0.544. The van der Waals surface area contributed by atoms with Crippen LogP contribution < -0.4 is 0 Å². The van der Waals surface area contributed by atoms with E-state index in [-0.39, 0.29) is 30.4 Å². The lowest BCUT2D eigenvalue weighted by Crippen LogP contribution is -2.52. The Labute approximate surface area is 127 Å². The molecule has 1 atom stereocenters. The van der Waals surface area contributed by atoms with Crippen LogP contribution in [0.15, 0.2) is 21.8 Å². The number of hydrogen-bond donors (Lipinski definition) is 1. The van der Waals surface area contributed by atoms with Gasteiger partial charge in [-0.25, -0.2) is 17.5 Å². The van der Waals surface area contributed by atoms with Crippen LogP contribution in [-0.4, -0.2) is 74.5 Å². The molecule has 1 aromatic rings. The van der Waals surface area contributed by atoms with E-state index < -0.39 is 27.9 Å². The van der Waals surface area contributed by atoms with E-state index in [2.05, 4.69) is 0 Å². The van der Waals surface area contributed by atoms with E-state index in [1.165, 1.54) is 14.1 Å². The molecule has 0 bridgehead atoms. The number of aliphatic carboxylic acids is 1. The molecule has 122 valence electrons. The maximum Gasteiger partial charge on any atom is 0.328 e. The minimum absolute atomic E-state index is 0.0198. The minimum Gasteiger partial charge on any atom is -0.480 e. The number of carbonyl (C=O) groups excluding carboxylic acids is 1. The number of morpholine rings is 1. The number of carbonyl (C=O) groups is 2. The number of rotatable bonds is 4. The second-order valence-corrected chi connectivity index (χ2v) is 6.95. The molecule has 1 saturated heterocycles. The van der Waals surface area contributed by atoms with Crippen LogP contribution in [0.5, 0.6) is 0 Å². The maximum atomic E-state index is 12.4. The summed E-state index contributed by atoms with van der Waals surface area (Å²) in [4.78, 5) is 24.6. The Hall–Kier alpha value is -1.91. The van der Waals surface area contributed by atoms with Crippen LogP contribution in [0.3, 0.4) is 0 Å². The smallest absolute Gasteiger partial charge is 0.328 e. The molecule has 1 N–H and O–H groups in total. The molecule has 0 spiro atoms. The zero-order valence-electron chi connectivity index (χ0n) is 12.1. The van der Waals surface area contributed by atoms with E-state index in [1.807, 2.05) is 0 Å². The first-order chi connectivity index (χ1) is 10.2. The molecule has 10 heteroatoms. The van der Waals surface area contributed by atoms with E-state index in [1.54, 1.807) is 0 Å². The van der Waals surface area contributed by atoms with Gasteiger partial charge in [0, 0.05) is 26.7 Å². The largest absolute Gasteiger partial charge is 0.480 e. The molecule has 2 rings (SSSR count).